The van der Waals surface area contributed by atoms with E-state index in [1.807, 2.05) is 18.2 Å². The maximum absolute atomic E-state index is 5.48. The molecular weight excluding hydrogens is 274 g/mol. The van der Waals surface area contributed by atoms with Gasteiger partial charge in [0.2, 0.25) is 0 Å². The van der Waals surface area contributed by atoms with Gasteiger partial charge in [0.05, 0.1) is 5.69 Å². The lowest BCUT2D eigenvalue weighted by molar-refractivity contribution is 0.154. The molecule has 0 radical (unpaired) electrons. The fourth-order valence-corrected chi connectivity index (χ4v) is 3.20. The average Bonchev–Trinajstić information content (AvgIpc) is 2.98. The van der Waals surface area contributed by atoms with Crippen molar-refractivity contribution in [2.24, 2.45) is 5.92 Å². The van der Waals surface area contributed by atoms with Crippen molar-refractivity contribution < 1.29 is 4.52 Å². The van der Waals surface area contributed by atoms with Crippen LogP contribution in [0.5, 0.6) is 0 Å². The minimum Gasteiger partial charge on any atom is -0.356 e. The van der Waals surface area contributed by atoms with Crippen LogP contribution in [0.15, 0.2) is 40.9 Å². The van der Waals surface area contributed by atoms with Crippen LogP contribution in [-0.2, 0) is 6.54 Å². The first-order chi connectivity index (χ1) is 10.7. The quantitative estimate of drug-likeness (QED) is 0.849. The summed E-state index contributed by atoms with van der Waals surface area (Å²) in [7, 11) is 4.32. The first kappa shape index (κ1) is 15.3. The molecule has 1 aromatic heterocycles. The number of benzene rings is 1. The summed E-state index contributed by atoms with van der Waals surface area (Å²) in [6.45, 7) is 4.42. The molecule has 1 fully saturated rings. The Kier molecular flexibility index (Phi) is 4.90. The Hall–Kier alpha value is -1.65. The zero-order chi connectivity index (χ0) is 15.4. The van der Waals surface area contributed by atoms with Gasteiger partial charge in [-0.05, 0) is 45.9 Å². The van der Waals surface area contributed by atoms with Crippen molar-refractivity contribution in [3.05, 3.63) is 42.1 Å². The molecule has 4 nitrogen and oxygen atoms in total. The molecule has 3 rings (SSSR count). The van der Waals surface area contributed by atoms with E-state index in [4.69, 9.17) is 4.52 Å². The van der Waals surface area contributed by atoms with Crippen LogP contribution in [0.2, 0.25) is 0 Å². The lowest BCUT2D eigenvalue weighted by atomic mass is 9.96. The van der Waals surface area contributed by atoms with Crippen LogP contribution < -0.4 is 0 Å². The highest BCUT2D eigenvalue weighted by Gasteiger charge is 2.20. The van der Waals surface area contributed by atoms with E-state index in [0.29, 0.717) is 0 Å². The standard InChI is InChI=1S/C18H25N3O/c1-20(2)13-15-8-10-21(11-9-15)14-17-12-18(22-19-17)16-6-4-3-5-7-16/h3-7,12,15H,8-11,13-14H2,1-2H3. The zero-order valence-corrected chi connectivity index (χ0v) is 13.5. The number of rotatable bonds is 5. The minimum atomic E-state index is 0.837. The first-order valence-corrected chi connectivity index (χ1v) is 8.09. The Bertz CT molecular complexity index is 571. The largest absolute Gasteiger partial charge is 0.356 e. The molecular formula is C18H25N3O. The van der Waals surface area contributed by atoms with E-state index >= 15 is 0 Å². The predicted octanol–water partition coefficient (Wildman–Crippen LogP) is 3.12. The Labute approximate surface area is 132 Å². The molecule has 0 saturated carbocycles. The van der Waals surface area contributed by atoms with Gasteiger partial charge in [-0.1, -0.05) is 35.5 Å². The van der Waals surface area contributed by atoms with Gasteiger partial charge in [0.1, 0.15) is 0 Å². The van der Waals surface area contributed by atoms with Crippen LogP contribution in [0.3, 0.4) is 0 Å². The van der Waals surface area contributed by atoms with Gasteiger partial charge in [0.25, 0.3) is 0 Å². The highest BCUT2D eigenvalue weighted by molar-refractivity contribution is 5.56. The molecule has 4 heteroatoms. The maximum Gasteiger partial charge on any atom is 0.167 e. The van der Waals surface area contributed by atoms with Crippen molar-refractivity contribution in [2.75, 3.05) is 33.7 Å². The second-order valence-electron chi connectivity index (χ2n) is 6.53. The SMILES string of the molecule is CN(C)CC1CCN(Cc2cc(-c3ccccc3)on2)CC1. The summed E-state index contributed by atoms with van der Waals surface area (Å²) in [4.78, 5) is 4.78. The monoisotopic (exact) mass is 299 g/mol. The Balaban J connectivity index is 1.54. The summed E-state index contributed by atoms with van der Waals surface area (Å²) in [5.41, 5.74) is 2.12. The van der Waals surface area contributed by atoms with Crippen LogP contribution in [0.4, 0.5) is 0 Å². The highest BCUT2D eigenvalue weighted by atomic mass is 16.5. The number of aromatic nitrogens is 1. The molecule has 0 N–H and O–H groups in total. The molecule has 0 spiro atoms. The van der Waals surface area contributed by atoms with Gasteiger partial charge in [-0.2, -0.15) is 0 Å². The fourth-order valence-electron chi connectivity index (χ4n) is 3.20. The van der Waals surface area contributed by atoms with Gasteiger partial charge >= 0.3 is 0 Å². The van der Waals surface area contributed by atoms with Crippen molar-refractivity contribution in [2.45, 2.75) is 19.4 Å². The molecule has 0 unspecified atom stereocenters. The van der Waals surface area contributed by atoms with E-state index in [9.17, 15) is 0 Å². The van der Waals surface area contributed by atoms with Crippen molar-refractivity contribution in [1.29, 1.82) is 0 Å². The fraction of sp³-hybridized carbons (Fsp3) is 0.500. The molecule has 118 valence electrons. The summed E-state index contributed by atoms with van der Waals surface area (Å²) in [6, 6.07) is 12.2. The van der Waals surface area contributed by atoms with Crippen LogP contribution in [0.25, 0.3) is 11.3 Å². The molecule has 0 aliphatic carbocycles. The lowest BCUT2D eigenvalue weighted by Gasteiger charge is -2.32. The first-order valence-electron chi connectivity index (χ1n) is 8.09. The van der Waals surface area contributed by atoms with Crippen molar-refractivity contribution in [1.82, 2.24) is 15.0 Å². The predicted molar refractivity (Wildman–Crippen MR) is 88.5 cm³/mol. The summed E-state index contributed by atoms with van der Waals surface area (Å²) < 4.78 is 5.48. The van der Waals surface area contributed by atoms with E-state index < -0.39 is 0 Å². The molecule has 1 aliphatic heterocycles. The van der Waals surface area contributed by atoms with Crippen molar-refractivity contribution in [3.63, 3.8) is 0 Å². The van der Waals surface area contributed by atoms with E-state index in [2.05, 4.69) is 47.3 Å². The molecule has 0 bridgehead atoms. The smallest absolute Gasteiger partial charge is 0.167 e. The zero-order valence-electron chi connectivity index (χ0n) is 13.5. The number of hydrogen-bond donors (Lipinski definition) is 0. The van der Waals surface area contributed by atoms with Crippen molar-refractivity contribution >= 4 is 0 Å². The van der Waals surface area contributed by atoms with E-state index in [1.54, 1.807) is 0 Å². The summed E-state index contributed by atoms with van der Waals surface area (Å²) in [5, 5.41) is 4.23. The number of nitrogens with zero attached hydrogens (tertiary/aromatic N) is 3. The van der Waals surface area contributed by atoms with Gasteiger partial charge in [0, 0.05) is 24.7 Å². The van der Waals surface area contributed by atoms with Gasteiger partial charge in [-0.3, -0.25) is 4.90 Å². The Morgan fingerprint density at radius 3 is 2.59 bits per heavy atom. The summed E-state index contributed by atoms with van der Waals surface area (Å²) >= 11 is 0. The highest BCUT2D eigenvalue weighted by Crippen LogP contribution is 2.22. The average molecular weight is 299 g/mol. The van der Waals surface area contributed by atoms with Gasteiger partial charge in [-0.15, -0.1) is 0 Å². The normalized spacial score (nSPS) is 17.2. The van der Waals surface area contributed by atoms with Gasteiger partial charge in [-0.25, -0.2) is 0 Å². The van der Waals surface area contributed by atoms with E-state index in [1.165, 1.54) is 19.4 Å². The third-order valence-electron chi connectivity index (χ3n) is 4.33. The third-order valence-corrected chi connectivity index (χ3v) is 4.33. The van der Waals surface area contributed by atoms with Crippen LogP contribution in [0.1, 0.15) is 18.5 Å². The van der Waals surface area contributed by atoms with Crippen LogP contribution in [0, 0.1) is 5.92 Å². The molecule has 2 aromatic rings. The summed E-state index contributed by atoms with van der Waals surface area (Å²) in [6.07, 6.45) is 2.56. The minimum absolute atomic E-state index is 0.837. The van der Waals surface area contributed by atoms with Crippen LogP contribution in [-0.4, -0.2) is 48.7 Å². The Morgan fingerprint density at radius 1 is 1.18 bits per heavy atom. The van der Waals surface area contributed by atoms with Gasteiger partial charge in [0.15, 0.2) is 5.76 Å². The number of hydrogen-bond acceptors (Lipinski definition) is 4. The lowest BCUT2D eigenvalue weighted by Crippen LogP contribution is -2.36. The second-order valence-corrected chi connectivity index (χ2v) is 6.53. The number of likely N-dealkylation sites (tertiary alicyclic amines) is 1. The topological polar surface area (TPSA) is 32.5 Å². The van der Waals surface area contributed by atoms with Gasteiger partial charge < -0.3 is 9.42 Å². The third kappa shape index (κ3) is 3.96. The second kappa shape index (κ2) is 7.07. The molecule has 1 aliphatic rings. The van der Waals surface area contributed by atoms with Crippen molar-refractivity contribution in [3.8, 4) is 11.3 Å². The van der Waals surface area contributed by atoms with E-state index in [-0.39, 0.29) is 0 Å². The summed E-state index contributed by atoms with van der Waals surface area (Å²) in [5.74, 6) is 1.70. The molecule has 22 heavy (non-hydrogen) atoms. The van der Waals surface area contributed by atoms with E-state index in [0.717, 1.165) is 42.6 Å². The Morgan fingerprint density at radius 2 is 1.91 bits per heavy atom. The molecule has 2 heterocycles. The molecule has 1 aromatic carbocycles. The maximum atomic E-state index is 5.48. The molecule has 1 saturated heterocycles. The number of piperidine rings is 1. The molecule has 0 amide bonds. The molecule has 0 atom stereocenters. The van der Waals surface area contributed by atoms with Crippen LogP contribution >= 0.6 is 0 Å².